The van der Waals surface area contributed by atoms with Crippen molar-refractivity contribution in [3.8, 4) is 0 Å². The fraction of sp³-hybridized carbons (Fsp3) is 0.429. The summed E-state index contributed by atoms with van der Waals surface area (Å²) in [6.45, 7) is 1.51. The van der Waals surface area contributed by atoms with Gasteiger partial charge < -0.3 is 10.1 Å². The van der Waals surface area contributed by atoms with Crippen molar-refractivity contribution in [2.24, 2.45) is 5.41 Å². The van der Waals surface area contributed by atoms with Crippen LogP contribution in [0.1, 0.15) is 12.0 Å². The average Bonchev–Trinajstić information content (AvgIpc) is 2.77. The third-order valence-corrected chi connectivity index (χ3v) is 3.96. The van der Waals surface area contributed by atoms with Gasteiger partial charge in [0.05, 0.1) is 18.3 Å². The third-order valence-electron chi connectivity index (χ3n) is 3.96. The van der Waals surface area contributed by atoms with Crippen molar-refractivity contribution in [2.75, 3.05) is 19.0 Å². The van der Waals surface area contributed by atoms with Crippen LogP contribution in [-0.2, 0) is 9.53 Å². The Hall–Kier alpha value is -2.02. The number of H-pyrrole nitrogens is 1. The van der Waals surface area contributed by atoms with Gasteiger partial charge in [-0.1, -0.05) is 0 Å². The number of nitrogens with one attached hydrogen (secondary N) is 2. The van der Waals surface area contributed by atoms with Crippen molar-refractivity contribution in [3.05, 3.63) is 23.9 Å². The zero-order valence-electron chi connectivity index (χ0n) is 11.7. The first-order chi connectivity index (χ1) is 9.89. The fourth-order valence-electron chi connectivity index (χ4n) is 2.53. The topological polar surface area (TPSA) is 67.0 Å². The lowest BCUT2D eigenvalue weighted by Crippen LogP contribution is -2.33. The Morgan fingerprint density at radius 1 is 1.52 bits per heavy atom. The first kappa shape index (κ1) is 13.9. The molecule has 1 amide bonds. The van der Waals surface area contributed by atoms with Crippen LogP contribution in [0.4, 0.5) is 14.5 Å². The monoisotopic (exact) mass is 295 g/mol. The molecule has 1 unspecified atom stereocenters. The highest BCUT2D eigenvalue weighted by molar-refractivity contribution is 6.00. The fourth-order valence-corrected chi connectivity index (χ4v) is 2.53. The highest BCUT2D eigenvalue weighted by atomic mass is 19.3. The number of aryl methyl sites for hydroxylation is 1. The molecule has 1 aliphatic carbocycles. The summed E-state index contributed by atoms with van der Waals surface area (Å²) in [6.07, 6.45) is 1.18. The minimum absolute atomic E-state index is 0.294. The highest BCUT2D eigenvalue weighted by Gasteiger charge is 2.75. The van der Waals surface area contributed by atoms with Crippen LogP contribution in [0.5, 0.6) is 0 Å². The van der Waals surface area contributed by atoms with E-state index in [-0.39, 0.29) is 6.61 Å². The van der Waals surface area contributed by atoms with Gasteiger partial charge in [-0.15, -0.1) is 0 Å². The zero-order chi connectivity index (χ0) is 15.3. The molecule has 1 aromatic carbocycles. The van der Waals surface area contributed by atoms with Crippen molar-refractivity contribution in [1.82, 2.24) is 10.2 Å². The molecule has 0 aliphatic heterocycles. The molecule has 21 heavy (non-hydrogen) atoms. The number of halogens is 2. The number of hydrogen-bond donors (Lipinski definition) is 2. The summed E-state index contributed by atoms with van der Waals surface area (Å²) in [5, 5.41) is 10.2. The van der Waals surface area contributed by atoms with E-state index in [0.717, 1.165) is 16.5 Å². The number of nitrogens with zero attached hydrogens (tertiary/aromatic N) is 1. The second kappa shape index (κ2) is 4.49. The number of alkyl halides is 2. The summed E-state index contributed by atoms with van der Waals surface area (Å²) in [4.78, 5) is 12.2. The number of aromatic amines is 1. The maximum atomic E-state index is 13.5. The van der Waals surface area contributed by atoms with Gasteiger partial charge in [0.2, 0.25) is 5.91 Å². The van der Waals surface area contributed by atoms with E-state index in [9.17, 15) is 13.6 Å². The number of ether oxygens (including phenoxy) is 1. The number of rotatable bonds is 4. The quantitative estimate of drug-likeness (QED) is 0.910. The predicted molar refractivity (Wildman–Crippen MR) is 73.3 cm³/mol. The Morgan fingerprint density at radius 2 is 2.24 bits per heavy atom. The molecule has 0 bridgehead atoms. The number of methoxy groups -OCH3 is 1. The molecule has 1 saturated carbocycles. The van der Waals surface area contributed by atoms with E-state index in [0.29, 0.717) is 5.69 Å². The summed E-state index contributed by atoms with van der Waals surface area (Å²) in [5.41, 5.74) is 0.264. The average molecular weight is 295 g/mol. The van der Waals surface area contributed by atoms with E-state index in [1.807, 2.05) is 6.07 Å². The Labute approximate surface area is 119 Å². The summed E-state index contributed by atoms with van der Waals surface area (Å²) in [5.74, 6) is -3.73. The third kappa shape index (κ3) is 2.08. The number of aromatic nitrogens is 2. The van der Waals surface area contributed by atoms with Crippen molar-refractivity contribution in [1.29, 1.82) is 0 Å². The molecule has 112 valence electrons. The smallest absolute Gasteiger partial charge is 0.266 e. The number of carbonyl (C=O) groups is 1. The number of anilines is 1. The summed E-state index contributed by atoms with van der Waals surface area (Å²) in [6, 6.07) is 3.53. The minimum atomic E-state index is -3.01. The lowest BCUT2D eigenvalue weighted by Gasteiger charge is -2.16. The lowest BCUT2D eigenvalue weighted by atomic mass is 10.1. The van der Waals surface area contributed by atoms with Crippen LogP contribution >= 0.6 is 0 Å². The molecule has 0 saturated heterocycles. The van der Waals surface area contributed by atoms with Crippen molar-refractivity contribution < 1.29 is 18.3 Å². The van der Waals surface area contributed by atoms with Gasteiger partial charge in [0.25, 0.3) is 5.92 Å². The van der Waals surface area contributed by atoms with Crippen LogP contribution in [0, 0.1) is 12.3 Å². The normalized spacial score (nSPS) is 23.2. The molecule has 0 radical (unpaired) electrons. The molecule has 3 rings (SSSR count). The van der Waals surface area contributed by atoms with Gasteiger partial charge in [-0.25, -0.2) is 8.78 Å². The van der Waals surface area contributed by atoms with Gasteiger partial charge in [-0.05, 0) is 24.6 Å². The largest absolute Gasteiger partial charge is 0.383 e. The molecule has 2 aromatic rings. The molecule has 5 nitrogen and oxygen atoms in total. The Bertz CT molecular complexity index is 713. The van der Waals surface area contributed by atoms with Gasteiger partial charge in [0, 0.05) is 24.6 Å². The number of carbonyl (C=O) groups excluding carboxylic acids is 1. The minimum Gasteiger partial charge on any atom is -0.383 e. The van der Waals surface area contributed by atoms with E-state index in [4.69, 9.17) is 4.74 Å². The molecule has 1 atom stereocenters. The number of benzene rings is 1. The molecule has 1 fully saturated rings. The SMILES string of the molecule is COCC1(C(=O)Nc2cc3[nH]ncc3cc2C)CC1(F)F. The van der Waals surface area contributed by atoms with E-state index < -0.39 is 23.7 Å². The standard InChI is InChI=1S/C14H15F2N3O2/c1-8-3-9-5-17-19-11(9)4-10(8)18-12(20)13(7-21-2)6-14(13,15)16/h3-5H,6-7H2,1-2H3,(H,17,19)(H,18,20). The zero-order valence-corrected chi connectivity index (χ0v) is 11.7. The predicted octanol–water partition coefficient (Wildman–Crippen LogP) is 2.48. The van der Waals surface area contributed by atoms with Crippen LogP contribution < -0.4 is 5.32 Å². The number of fused-ring (bicyclic) bond motifs is 1. The molecule has 1 heterocycles. The number of amides is 1. The Kier molecular flexibility index (Phi) is 2.98. The van der Waals surface area contributed by atoms with Crippen LogP contribution in [0.3, 0.4) is 0 Å². The van der Waals surface area contributed by atoms with Crippen LogP contribution in [0.25, 0.3) is 10.9 Å². The maximum absolute atomic E-state index is 13.5. The van der Waals surface area contributed by atoms with E-state index in [2.05, 4.69) is 15.5 Å². The second-order valence-corrected chi connectivity index (χ2v) is 5.47. The molecule has 1 aliphatic rings. The van der Waals surface area contributed by atoms with E-state index in [1.54, 1.807) is 19.2 Å². The second-order valence-electron chi connectivity index (χ2n) is 5.47. The van der Waals surface area contributed by atoms with Crippen LogP contribution in [-0.4, -0.2) is 35.7 Å². The molecule has 1 aromatic heterocycles. The van der Waals surface area contributed by atoms with Gasteiger partial charge in [0.15, 0.2) is 0 Å². The Balaban J connectivity index is 1.88. The summed E-state index contributed by atoms with van der Waals surface area (Å²) >= 11 is 0. The van der Waals surface area contributed by atoms with E-state index in [1.165, 1.54) is 7.11 Å². The van der Waals surface area contributed by atoms with Crippen molar-refractivity contribution >= 4 is 22.5 Å². The lowest BCUT2D eigenvalue weighted by molar-refractivity contribution is -0.127. The Morgan fingerprint density at radius 3 is 2.86 bits per heavy atom. The van der Waals surface area contributed by atoms with E-state index >= 15 is 0 Å². The molecular formula is C14H15F2N3O2. The van der Waals surface area contributed by atoms with Crippen LogP contribution in [0.15, 0.2) is 18.3 Å². The molecule has 2 N–H and O–H groups in total. The van der Waals surface area contributed by atoms with Gasteiger partial charge in [0.1, 0.15) is 5.41 Å². The van der Waals surface area contributed by atoms with Crippen LogP contribution in [0.2, 0.25) is 0 Å². The first-order valence-electron chi connectivity index (χ1n) is 6.51. The van der Waals surface area contributed by atoms with Crippen molar-refractivity contribution in [3.63, 3.8) is 0 Å². The molecular weight excluding hydrogens is 280 g/mol. The summed E-state index contributed by atoms with van der Waals surface area (Å²) in [7, 11) is 1.31. The first-order valence-corrected chi connectivity index (χ1v) is 6.51. The van der Waals surface area contributed by atoms with Crippen molar-refractivity contribution in [2.45, 2.75) is 19.3 Å². The van der Waals surface area contributed by atoms with Gasteiger partial charge in [-0.2, -0.15) is 5.10 Å². The summed E-state index contributed by atoms with van der Waals surface area (Å²) < 4.78 is 31.9. The number of hydrogen-bond acceptors (Lipinski definition) is 3. The van der Waals surface area contributed by atoms with Gasteiger partial charge >= 0.3 is 0 Å². The molecule has 7 heteroatoms. The molecule has 0 spiro atoms. The maximum Gasteiger partial charge on any atom is 0.266 e. The highest BCUT2D eigenvalue weighted by Crippen LogP contribution is 2.61. The van der Waals surface area contributed by atoms with Gasteiger partial charge in [-0.3, -0.25) is 9.89 Å².